The lowest BCUT2D eigenvalue weighted by atomic mass is 10.0. The molecular weight excluding hydrogens is 328 g/mol. The number of hydrogen-bond acceptors (Lipinski definition) is 4. The molecule has 5 heteroatoms. The Hall–Kier alpha value is -3.08. The number of carbonyl (C=O) groups is 2. The Morgan fingerprint density at radius 2 is 1.50 bits per heavy atom. The molecule has 0 bridgehead atoms. The molecule has 2 aromatic rings. The summed E-state index contributed by atoms with van der Waals surface area (Å²) in [5, 5.41) is 0. The molecule has 1 fully saturated rings. The van der Waals surface area contributed by atoms with E-state index in [1.807, 2.05) is 47.4 Å². The van der Waals surface area contributed by atoms with Gasteiger partial charge in [0, 0.05) is 13.1 Å². The molecule has 132 valence electrons. The summed E-state index contributed by atoms with van der Waals surface area (Å²) in [6.07, 6.45) is 2.07. The summed E-state index contributed by atoms with van der Waals surface area (Å²) < 4.78 is 5.21. The Bertz CT molecular complexity index is 866. The van der Waals surface area contributed by atoms with Gasteiger partial charge >= 0.3 is 0 Å². The number of para-hydroxylation sites is 1. The summed E-state index contributed by atoms with van der Waals surface area (Å²) >= 11 is 0. The number of amides is 2. The molecule has 5 nitrogen and oxygen atoms in total. The molecule has 2 aromatic carbocycles. The Balaban J connectivity index is 1.82. The van der Waals surface area contributed by atoms with Gasteiger partial charge in [0.25, 0.3) is 11.8 Å². The van der Waals surface area contributed by atoms with Gasteiger partial charge in [0.1, 0.15) is 11.4 Å². The van der Waals surface area contributed by atoms with Gasteiger partial charge in [0.05, 0.1) is 18.4 Å². The second-order valence-corrected chi connectivity index (χ2v) is 6.43. The fourth-order valence-electron chi connectivity index (χ4n) is 3.58. The van der Waals surface area contributed by atoms with Crippen LogP contribution in [-0.2, 0) is 9.59 Å². The van der Waals surface area contributed by atoms with Gasteiger partial charge in [0.15, 0.2) is 0 Å². The van der Waals surface area contributed by atoms with Crippen LogP contribution in [0.3, 0.4) is 0 Å². The van der Waals surface area contributed by atoms with Gasteiger partial charge in [0.2, 0.25) is 0 Å². The Morgan fingerprint density at radius 1 is 0.846 bits per heavy atom. The topological polar surface area (TPSA) is 49.9 Å². The number of benzene rings is 2. The van der Waals surface area contributed by atoms with Crippen LogP contribution in [0.5, 0.6) is 5.75 Å². The van der Waals surface area contributed by atoms with Crippen LogP contribution in [0.2, 0.25) is 0 Å². The predicted molar refractivity (Wildman–Crippen MR) is 99.7 cm³/mol. The van der Waals surface area contributed by atoms with Crippen molar-refractivity contribution in [3.8, 4) is 5.75 Å². The predicted octanol–water partition coefficient (Wildman–Crippen LogP) is 3.08. The smallest absolute Gasteiger partial charge is 0.282 e. The fourth-order valence-corrected chi connectivity index (χ4v) is 3.58. The Labute approximate surface area is 152 Å². The normalized spacial score (nSPS) is 17.4. The van der Waals surface area contributed by atoms with Crippen LogP contribution in [0, 0.1) is 0 Å². The minimum atomic E-state index is -0.270. The lowest BCUT2D eigenvalue weighted by Crippen LogP contribution is -2.34. The summed E-state index contributed by atoms with van der Waals surface area (Å²) in [6.45, 7) is 1.60. The Morgan fingerprint density at radius 3 is 2.12 bits per heavy atom. The number of methoxy groups -OCH3 is 1. The average Bonchev–Trinajstić information content (AvgIpc) is 3.29. The molecule has 0 saturated carbocycles. The van der Waals surface area contributed by atoms with E-state index in [1.54, 1.807) is 19.2 Å². The van der Waals surface area contributed by atoms with Gasteiger partial charge in [-0.3, -0.25) is 9.59 Å². The highest BCUT2D eigenvalue weighted by Crippen LogP contribution is 2.36. The molecule has 2 heterocycles. The number of nitrogens with zero attached hydrogens (tertiary/aromatic N) is 2. The molecular formula is C21H20N2O3. The molecule has 0 spiro atoms. The van der Waals surface area contributed by atoms with Crippen LogP contribution >= 0.6 is 0 Å². The van der Waals surface area contributed by atoms with E-state index in [2.05, 4.69) is 0 Å². The van der Waals surface area contributed by atoms with Gasteiger partial charge in [-0.25, -0.2) is 4.90 Å². The molecule has 0 aliphatic carbocycles. The van der Waals surface area contributed by atoms with Gasteiger partial charge < -0.3 is 9.64 Å². The van der Waals surface area contributed by atoms with Crippen molar-refractivity contribution in [2.75, 3.05) is 25.1 Å². The third kappa shape index (κ3) is 2.65. The maximum absolute atomic E-state index is 13.2. The van der Waals surface area contributed by atoms with Crippen LogP contribution in [0.1, 0.15) is 18.4 Å². The van der Waals surface area contributed by atoms with E-state index in [0.29, 0.717) is 22.7 Å². The first-order valence-corrected chi connectivity index (χ1v) is 8.78. The van der Waals surface area contributed by atoms with Crippen molar-refractivity contribution in [2.45, 2.75) is 12.8 Å². The van der Waals surface area contributed by atoms with Crippen LogP contribution in [0.15, 0.2) is 60.3 Å². The summed E-state index contributed by atoms with van der Waals surface area (Å²) in [5.74, 6) is 0.205. The van der Waals surface area contributed by atoms with Gasteiger partial charge in [-0.1, -0.05) is 30.3 Å². The zero-order chi connectivity index (χ0) is 18.1. The molecule has 2 amide bonds. The molecule has 0 radical (unpaired) electrons. The molecule has 2 aliphatic rings. The van der Waals surface area contributed by atoms with Gasteiger partial charge in [-0.15, -0.1) is 0 Å². The van der Waals surface area contributed by atoms with Crippen molar-refractivity contribution < 1.29 is 14.3 Å². The van der Waals surface area contributed by atoms with Crippen molar-refractivity contribution >= 4 is 23.1 Å². The molecule has 0 unspecified atom stereocenters. The zero-order valence-electron chi connectivity index (χ0n) is 14.6. The van der Waals surface area contributed by atoms with Crippen LogP contribution in [0.25, 0.3) is 5.57 Å². The first kappa shape index (κ1) is 16.4. The molecule has 0 N–H and O–H groups in total. The summed E-state index contributed by atoms with van der Waals surface area (Å²) in [4.78, 5) is 29.7. The first-order chi connectivity index (χ1) is 12.7. The lowest BCUT2D eigenvalue weighted by molar-refractivity contribution is -0.120. The number of imide groups is 1. The molecule has 0 aromatic heterocycles. The standard InChI is InChI=1S/C21H20N2O3/c1-26-17-11-9-15(10-12-17)18-19(22-13-5-6-14-22)21(25)23(20(18)24)16-7-3-2-4-8-16/h2-4,7-12H,5-6,13-14H2,1H3. The lowest BCUT2D eigenvalue weighted by Gasteiger charge is -2.20. The fraction of sp³-hybridized carbons (Fsp3) is 0.238. The zero-order valence-corrected chi connectivity index (χ0v) is 14.6. The molecule has 4 rings (SSSR count). The maximum Gasteiger partial charge on any atom is 0.282 e. The highest BCUT2D eigenvalue weighted by molar-refractivity contribution is 6.45. The number of ether oxygens (including phenoxy) is 1. The van der Waals surface area contributed by atoms with Gasteiger partial charge in [-0.05, 0) is 42.7 Å². The molecule has 0 atom stereocenters. The van der Waals surface area contributed by atoms with Gasteiger partial charge in [-0.2, -0.15) is 0 Å². The Kier molecular flexibility index (Phi) is 4.21. The third-order valence-corrected chi connectivity index (χ3v) is 4.87. The van der Waals surface area contributed by atoms with Crippen LogP contribution in [0.4, 0.5) is 5.69 Å². The minimum absolute atomic E-state index is 0.242. The van der Waals surface area contributed by atoms with Crippen molar-refractivity contribution in [3.05, 3.63) is 65.9 Å². The van der Waals surface area contributed by atoms with Crippen molar-refractivity contribution in [1.82, 2.24) is 4.90 Å². The summed E-state index contributed by atoms with van der Waals surface area (Å²) in [5.41, 5.74) is 2.33. The van der Waals surface area contributed by atoms with Crippen molar-refractivity contribution in [1.29, 1.82) is 0 Å². The summed E-state index contributed by atoms with van der Waals surface area (Å²) in [7, 11) is 1.60. The second kappa shape index (κ2) is 6.67. The minimum Gasteiger partial charge on any atom is -0.497 e. The number of rotatable bonds is 4. The van der Waals surface area contributed by atoms with E-state index >= 15 is 0 Å². The van der Waals surface area contributed by atoms with Crippen molar-refractivity contribution in [3.63, 3.8) is 0 Å². The SMILES string of the molecule is COc1ccc(C2=C(N3CCCC3)C(=O)N(c3ccccc3)C2=O)cc1. The molecule has 1 saturated heterocycles. The van der Waals surface area contributed by atoms with E-state index in [1.165, 1.54) is 4.90 Å². The molecule has 2 aliphatic heterocycles. The third-order valence-electron chi connectivity index (χ3n) is 4.87. The van der Waals surface area contributed by atoms with Crippen molar-refractivity contribution in [2.24, 2.45) is 0 Å². The van der Waals surface area contributed by atoms with E-state index in [-0.39, 0.29) is 11.8 Å². The van der Waals surface area contributed by atoms with E-state index in [9.17, 15) is 9.59 Å². The maximum atomic E-state index is 13.2. The highest BCUT2D eigenvalue weighted by Gasteiger charge is 2.42. The van der Waals surface area contributed by atoms with E-state index in [4.69, 9.17) is 4.74 Å². The van der Waals surface area contributed by atoms with Crippen LogP contribution in [-0.4, -0.2) is 36.9 Å². The van der Waals surface area contributed by atoms with E-state index < -0.39 is 0 Å². The van der Waals surface area contributed by atoms with E-state index in [0.717, 1.165) is 31.5 Å². The number of likely N-dealkylation sites (tertiary alicyclic amines) is 1. The van der Waals surface area contributed by atoms with Crippen LogP contribution < -0.4 is 9.64 Å². The number of carbonyl (C=O) groups excluding carboxylic acids is 2. The average molecular weight is 348 g/mol. The quantitative estimate of drug-likeness (QED) is 0.797. The highest BCUT2D eigenvalue weighted by atomic mass is 16.5. The molecule has 26 heavy (non-hydrogen) atoms. The number of anilines is 1. The largest absolute Gasteiger partial charge is 0.497 e. The summed E-state index contributed by atoms with van der Waals surface area (Å²) in [6, 6.07) is 16.4. The first-order valence-electron chi connectivity index (χ1n) is 8.78. The monoisotopic (exact) mass is 348 g/mol. The number of hydrogen-bond donors (Lipinski definition) is 0. The second-order valence-electron chi connectivity index (χ2n) is 6.43.